The number of hydrogen-bond donors (Lipinski definition) is 2. The molecular weight excluding hydrogens is 385 g/mol. The van der Waals surface area contributed by atoms with Crippen molar-refractivity contribution in [2.45, 2.75) is 6.92 Å². The molecule has 0 spiro atoms. The van der Waals surface area contributed by atoms with E-state index in [1.807, 2.05) is 31.2 Å². The van der Waals surface area contributed by atoms with E-state index in [1.165, 1.54) is 6.21 Å². The largest absolute Gasteiger partial charge is 0.455 e. The zero-order valence-electron chi connectivity index (χ0n) is 14.5. The minimum Gasteiger partial charge on any atom is -0.455 e. The van der Waals surface area contributed by atoms with Crippen LogP contribution in [0.5, 0.6) is 0 Å². The molecule has 3 aromatic rings. The Balaban J connectivity index is 1.55. The number of carbonyl (C=O) groups excluding carboxylic acids is 1. The van der Waals surface area contributed by atoms with Gasteiger partial charge in [0.05, 0.1) is 17.8 Å². The van der Waals surface area contributed by atoms with E-state index in [0.29, 0.717) is 27.1 Å². The Labute approximate surface area is 167 Å². The first-order chi connectivity index (χ1) is 13.0. The highest BCUT2D eigenvalue weighted by Gasteiger charge is 2.09. The number of carbonyl (C=O) groups is 1. The van der Waals surface area contributed by atoms with Crippen LogP contribution in [0, 0.1) is 6.92 Å². The molecule has 0 radical (unpaired) electrons. The van der Waals surface area contributed by atoms with Crippen molar-refractivity contribution in [2.75, 3.05) is 11.9 Å². The van der Waals surface area contributed by atoms with Gasteiger partial charge in [0.15, 0.2) is 0 Å². The van der Waals surface area contributed by atoms with Crippen LogP contribution in [0.4, 0.5) is 5.69 Å². The van der Waals surface area contributed by atoms with Crippen molar-refractivity contribution in [3.05, 3.63) is 76.0 Å². The number of anilines is 1. The van der Waals surface area contributed by atoms with E-state index in [2.05, 4.69) is 15.8 Å². The molecule has 0 atom stereocenters. The molecule has 0 unspecified atom stereocenters. The van der Waals surface area contributed by atoms with Crippen LogP contribution in [0.25, 0.3) is 11.3 Å². The van der Waals surface area contributed by atoms with Gasteiger partial charge in [0, 0.05) is 16.3 Å². The molecule has 5 nitrogen and oxygen atoms in total. The first-order valence-electron chi connectivity index (χ1n) is 8.19. The Bertz CT molecular complexity index is 983. The highest BCUT2D eigenvalue weighted by molar-refractivity contribution is 6.35. The van der Waals surface area contributed by atoms with Gasteiger partial charge in [-0.3, -0.25) is 4.79 Å². The first-order valence-corrected chi connectivity index (χ1v) is 8.94. The van der Waals surface area contributed by atoms with Gasteiger partial charge in [0.25, 0.3) is 5.91 Å². The molecule has 0 aliphatic rings. The highest BCUT2D eigenvalue weighted by atomic mass is 35.5. The summed E-state index contributed by atoms with van der Waals surface area (Å²) in [7, 11) is 0. The summed E-state index contributed by atoms with van der Waals surface area (Å²) in [5.41, 5.74) is 5.13. The summed E-state index contributed by atoms with van der Waals surface area (Å²) in [5.74, 6) is 0.779. The topological polar surface area (TPSA) is 66.6 Å². The second-order valence-corrected chi connectivity index (χ2v) is 6.69. The predicted molar refractivity (Wildman–Crippen MR) is 110 cm³/mol. The summed E-state index contributed by atoms with van der Waals surface area (Å²) < 4.78 is 5.67. The fraction of sp³-hybridized carbons (Fsp3) is 0.100. The van der Waals surface area contributed by atoms with E-state index in [0.717, 1.165) is 11.3 Å². The van der Waals surface area contributed by atoms with Crippen molar-refractivity contribution in [2.24, 2.45) is 5.10 Å². The van der Waals surface area contributed by atoms with Gasteiger partial charge in [-0.15, -0.1) is 0 Å². The maximum absolute atomic E-state index is 11.9. The lowest BCUT2D eigenvalue weighted by Crippen LogP contribution is -2.25. The molecule has 2 N–H and O–H groups in total. The number of hydrogen-bond acceptors (Lipinski definition) is 4. The minimum atomic E-state index is -0.266. The second kappa shape index (κ2) is 8.75. The Morgan fingerprint density at radius 1 is 1.15 bits per heavy atom. The normalized spacial score (nSPS) is 10.9. The van der Waals surface area contributed by atoms with Crippen LogP contribution >= 0.6 is 23.2 Å². The molecule has 7 heteroatoms. The van der Waals surface area contributed by atoms with Gasteiger partial charge in [-0.1, -0.05) is 35.3 Å². The molecule has 138 valence electrons. The van der Waals surface area contributed by atoms with Gasteiger partial charge < -0.3 is 9.73 Å². The average molecular weight is 402 g/mol. The molecule has 0 saturated carbocycles. The summed E-state index contributed by atoms with van der Waals surface area (Å²) in [6, 6.07) is 16.4. The number of furan rings is 1. The van der Waals surface area contributed by atoms with Crippen molar-refractivity contribution in [3.63, 3.8) is 0 Å². The molecule has 0 aliphatic heterocycles. The summed E-state index contributed by atoms with van der Waals surface area (Å²) in [5, 5.41) is 8.03. The molecule has 1 aromatic heterocycles. The van der Waals surface area contributed by atoms with E-state index in [1.54, 1.807) is 30.3 Å². The highest BCUT2D eigenvalue weighted by Crippen LogP contribution is 2.31. The van der Waals surface area contributed by atoms with Gasteiger partial charge in [0.1, 0.15) is 11.5 Å². The van der Waals surface area contributed by atoms with Crippen LogP contribution in [-0.2, 0) is 4.79 Å². The molecule has 3 rings (SSSR count). The minimum absolute atomic E-state index is 0.113. The standard InChI is InChI=1S/C20H17Cl2N3O2/c1-13-3-2-4-15(9-13)23-12-20(26)25-24-11-16-6-8-19(27-16)17-10-14(21)5-7-18(17)22/h2-11,23H,12H2,1H3,(H,25,26). The molecule has 1 heterocycles. The number of nitrogens with zero attached hydrogens (tertiary/aromatic N) is 1. The fourth-order valence-corrected chi connectivity index (χ4v) is 2.78. The van der Waals surface area contributed by atoms with E-state index < -0.39 is 0 Å². The molecule has 0 saturated heterocycles. The maximum atomic E-state index is 11.9. The van der Waals surface area contributed by atoms with Crippen LogP contribution in [0.1, 0.15) is 11.3 Å². The van der Waals surface area contributed by atoms with Crippen LogP contribution in [-0.4, -0.2) is 18.7 Å². The van der Waals surface area contributed by atoms with Crippen molar-refractivity contribution < 1.29 is 9.21 Å². The van der Waals surface area contributed by atoms with Crippen molar-refractivity contribution in [1.82, 2.24) is 5.43 Å². The number of aryl methyl sites for hydroxylation is 1. The number of nitrogens with one attached hydrogen (secondary N) is 2. The van der Waals surface area contributed by atoms with Gasteiger partial charge in [-0.25, -0.2) is 5.43 Å². The van der Waals surface area contributed by atoms with Crippen molar-refractivity contribution in [1.29, 1.82) is 0 Å². The van der Waals surface area contributed by atoms with E-state index in [9.17, 15) is 4.79 Å². The molecule has 1 amide bonds. The number of benzene rings is 2. The molecule has 2 aromatic carbocycles. The summed E-state index contributed by atoms with van der Waals surface area (Å²) in [6.45, 7) is 2.10. The number of hydrazone groups is 1. The number of halogens is 2. The molecule has 0 aliphatic carbocycles. The SMILES string of the molecule is Cc1cccc(NCC(=O)NN=Cc2ccc(-c3cc(Cl)ccc3Cl)o2)c1. The molecule has 0 fully saturated rings. The summed E-state index contributed by atoms with van der Waals surface area (Å²) >= 11 is 12.2. The number of amides is 1. The Hall–Kier alpha value is -2.76. The first kappa shape index (κ1) is 19.0. The fourth-order valence-electron chi connectivity index (χ4n) is 2.40. The van der Waals surface area contributed by atoms with Gasteiger partial charge >= 0.3 is 0 Å². The van der Waals surface area contributed by atoms with E-state index in [-0.39, 0.29) is 12.5 Å². The molecule has 27 heavy (non-hydrogen) atoms. The zero-order valence-corrected chi connectivity index (χ0v) is 16.0. The van der Waals surface area contributed by atoms with Gasteiger partial charge in [0.2, 0.25) is 0 Å². The van der Waals surface area contributed by atoms with E-state index >= 15 is 0 Å². The third-order valence-corrected chi connectivity index (χ3v) is 4.24. The lowest BCUT2D eigenvalue weighted by molar-refractivity contribution is -0.119. The van der Waals surface area contributed by atoms with Gasteiger partial charge in [-0.2, -0.15) is 5.10 Å². The molecular formula is C20H17Cl2N3O2. The lowest BCUT2D eigenvalue weighted by atomic mass is 10.2. The zero-order chi connectivity index (χ0) is 19.2. The maximum Gasteiger partial charge on any atom is 0.259 e. The third kappa shape index (κ3) is 5.36. The van der Waals surface area contributed by atoms with E-state index in [4.69, 9.17) is 27.6 Å². The summed E-state index contributed by atoms with van der Waals surface area (Å²) in [4.78, 5) is 11.9. The summed E-state index contributed by atoms with van der Waals surface area (Å²) in [6.07, 6.45) is 1.42. The Morgan fingerprint density at radius 3 is 2.81 bits per heavy atom. The lowest BCUT2D eigenvalue weighted by Gasteiger charge is -2.05. The Morgan fingerprint density at radius 2 is 2.00 bits per heavy atom. The Kier molecular flexibility index (Phi) is 6.16. The van der Waals surface area contributed by atoms with Crippen molar-refractivity contribution >= 4 is 41.0 Å². The average Bonchev–Trinajstić information content (AvgIpc) is 3.11. The van der Waals surface area contributed by atoms with Crippen molar-refractivity contribution in [3.8, 4) is 11.3 Å². The third-order valence-electron chi connectivity index (χ3n) is 3.67. The molecule has 0 bridgehead atoms. The van der Waals surface area contributed by atoms with Crippen LogP contribution in [0.2, 0.25) is 10.0 Å². The number of rotatable bonds is 6. The monoisotopic (exact) mass is 401 g/mol. The van der Waals surface area contributed by atoms with Gasteiger partial charge in [-0.05, 0) is 55.0 Å². The predicted octanol–water partition coefficient (Wildman–Crippen LogP) is 5.12. The smallest absolute Gasteiger partial charge is 0.259 e. The van der Waals surface area contributed by atoms with Crippen LogP contribution < -0.4 is 10.7 Å². The van der Waals surface area contributed by atoms with Crippen LogP contribution in [0.15, 0.2) is 64.1 Å². The van der Waals surface area contributed by atoms with Crippen LogP contribution in [0.3, 0.4) is 0 Å². The second-order valence-electron chi connectivity index (χ2n) is 5.84. The quantitative estimate of drug-likeness (QED) is 0.444.